The third-order valence-electron chi connectivity index (χ3n) is 4.93. The topological polar surface area (TPSA) is 107 Å². The molecule has 0 fully saturated rings. The fourth-order valence-corrected chi connectivity index (χ4v) is 3.40. The number of aromatic nitrogens is 1. The maximum atomic E-state index is 12.3. The number of rotatable bonds is 7. The molecule has 0 radical (unpaired) electrons. The number of aryl methyl sites for hydroxylation is 3. The highest BCUT2D eigenvalue weighted by molar-refractivity contribution is 5.77. The normalized spacial score (nSPS) is 12.1. The van der Waals surface area contributed by atoms with Crippen LogP contribution in [0.4, 0.5) is 5.69 Å². The molecule has 0 aliphatic heterocycles. The van der Waals surface area contributed by atoms with Crippen molar-refractivity contribution in [3.05, 3.63) is 73.8 Å². The second-order valence-electron chi connectivity index (χ2n) is 7.18. The molecule has 3 aromatic rings. The molecule has 152 valence electrons. The molecule has 29 heavy (non-hydrogen) atoms. The zero-order chi connectivity index (χ0) is 21.1. The first-order valence-corrected chi connectivity index (χ1v) is 9.40. The summed E-state index contributed by atoms with van der Waals surface area (Å²) in [5.41, 5.74) is 3.84. The maximum Gasteiger partial charge on any atom is 0.419 e. The van der Waals surface area contributed by atoms with Crippen LogP contribution < -0.4 is 11.1 Å². The molecule has 1 atom stereocenters. The predicted molar refractivity (Wildman–Crippen MR) is 109 cm³/mol. The summed E-state index contributed by atoms with van der Waals surface area (Å²) in [6.07, 6.45) is 0.693. The van der Waals surface area contributed by atoms with Gasteiger partial charge in [0.15, 0.2) is 5.58 Å². The van der Waals surface area contributed by atoms with Crippen molar-refractivity contribution >= 4 is 22.7 Å². The summed E-state index contributed by atoms with van der Waals surface area (Å²) < 4.78 is 6.49. The van der Waals surface area contributed by atoms with Gasteiger partial charge in [0.05, 0.1) is 22.5 Å². The number of nitro groups is 1. The largest absolute Gasteiger partial charge is 0.419 e. The SMILES string of the molecule is Cc1ccc(C)c(C(C)NC(=O)CCCn2c(=O)oc3cc([N+](=O)[O-])ccc32)c1. The summed E-state index contributed by atoms with van der Waals surface area (Å²) in [5.74, 6) is -0.695. The number of fused-ring (bicyclic) bond motifs is 1. The number of nitro benzene ring substituents is 1. The van der Waals surface area contributed by atoms with Gasteiger partial charge in [-0.25, -0.2) is 4.79 Å². The Morgan fingerprint density at radius 1 is 1.24 bits per heavy atom. The van der Waals surface area contributed by atoms with Crippen LogP contribution in [-0.2, 0) is 11.3 Å². The van der Waals surface area contributed by atoms with Gasteiger partial charge in [-0.3, -0.25) is 19.5 Å². The van der Waals surface area contributed by atoms with Crippen LogP contribution in [0.5, 0.6) is 0 Å². The summed E-state index contributed by atoms with van der Waals surface area (Å²) in [6.45, 7) is 6.26. The summed E-state index contributed by atoms with van der Waals surface area (Å²) >= 11 is 0. The van der Waals surface area contributed by atoms with Gasteiger partial charge in [0.25, 0.3) is 5.69 Å². The van der Waals surface area contributed by atoms with Crippen LogP contribution in [0, 0.1) is 24.0 Å². The molecule has 0 aliphatic rings. The van der Waals surface area contributed by atoms with E-state index in [0.717, 1.165) is 16.7 Å². The Bertz CT molecular complexity index is 1130. The Morgan fingerprint density at radius 2 is 2.00 bits per heavy atom. The number of carbonyl (C=O) groups is 1. The van der Waals surface area contributed by atoms with E-state index in [1.54, 1.807) is 0 Å². The Hall–Kier alpha value is -3.42. The van der Waals surface area contributed by atoms with Crippen LogP contribution in [0.2, 0.25) is 0 Å². The van der Waals surface area contributed by atoms with E-state index in [2.05, 4.69) is 11.4 Å². The first kappa shape index (κ1) is 20.3. The van der Waals surface area contributed by atoms with Crippen LogP contribution >= 0.6 is 0 Å². The van der Waals surface area contributed by atoms with Gasteiger partial charge in [-0.05, 0) is 44.4 Å². The molecule has 0 bridgehead atoms. The number of benzene rings is 2. The average molecular weight is 397 g/mol. The molecule has 3 rings (SSSR count). The minimum atomic E-state index is -0.593. The molecule has 0 aliphatic carbocycles. The van der Waals surface area contributed by atoms with Gasteiger partial charge in [0.2, 0.25) is 5.91 Å². The monoisotopic (exact) mass is 397 g/mol. The lowest BCUT2D eigenvalue weighted by Crippen LogP contribution is -2.27. The third kappa shape index (κ3) is 4.53. The number of oxazole rings is 1. The Morgan fingerprint density at radius 3 is 2.72 bits per heavy atom. The average Bonchev–Trinajstić information content (AvgIpc) is 2.98. The molecule has 1 aromatic heterocycles. The van der Waals surface area contributed by atoms with Gasteiger partial charge in [0, 0.05) is 19.0 Å². The van der Waals surface area contributed by atoms with Crippen LogP contribution in [0.25, 0.3) is 11.1 Å². The molecule has 8 nitrogen and oxygen atoms in total. The minimum absolute atomic E-state index is 0.102. The van der Waals surface area contributed by atoms with Crippen LogP contribution in [0.3, 0.4) is 0 Å². The van der Waals surface area contributed by atoms with Gasteiger partial charge < -0.3 is 9.73 Å². The smallest absolute Gasteiger partial charge is 0.407 e. The highest BCUT2D eigenvalue weighted by Gasteiger charge is 2.15. The standard InChI is InChI=1S/C21H23N3O5/c1-13-6-7-14(2)17(11-13)15(3)22-20(25)5-4-10-23-18-9-8-16(24(27)28)12-19(18)29-21(23)26/h6-9,11-12,15H,4-5,10H2,1-3H3,(H,22,25). The predicted octanol–water partition coefficient (Wildman–Crippen LogP) is 3.78. The number of carbonyl (C=O) groups excluding carboxylic acids is 1. The lowest BCUT2D eigenvalue weighted by atomic mass is 10.00. The molecule has 1 heterocycles. The number of amides is 1. The molecule has 8 heteroatoms. The Balaban J connectivity index is 1.62. The summed E-state index contributed by atoms with van der Waals surface area (Å²) in [4.78, 5) is 34.7. The van der Waals surface area contributed by atoms with Gasteiger partial charge in [0.1, 0.15) is 0 Å². The molecule has 0 saturated heterocycles. The quantitative estimate of drug-likeness (QED) is 0.482. The molecular weight excluding hydrogens is 374 g/mol. The second kappa shape index (κ2) is 8.30. The molecule has 0 spiro atoms. The molecule has 1 amide bonds. The van der Waals surface area contributed by atoms with E-state index in [-0.39, 0.29) is 36.2 Å². The van der Waals surface area contributed by atoms with Crippen molar-refractivity contribution in [3.63, 3.8) is 0 Å². The first-order chi connectivity index (χ1) is 13.8. The van der Waals surface area contributed by atoms with Crippen molar-refractivity contribution < 1.29 is 14.1 Å². The highest BCUT2D eigenvalue weighted by atomic mass is 16.6. The fourth-order valence-electron chi connectivity index (χ4n) is 3.40. The van der Waals surface area contributed by atoms with E-state index in [9.17, 15) is 19.7 Å². The molecular formula is C21H23N3O5. The van der Waals surface area contributed by atoms with Crippen LogP contribution in [0.1, 0.15) is 42.5 Å². The minimum Gasteiger partial charge on any atom is -0.407 e. The molecule has 0 saturated carbocycles. The summed E-state index contributed by atoms with van der Waals surface area (Å²) in [6, 6.07) is 10.1. The lowest BCUT2D eigenvalue weighted by molar-refractivity contribution is -0.384. The number of nitrogens with zero attached hydrogens (tertiary/aromatic N) is 2. The van der Waals surface area contributed by atoms with E-state index >= 15 is 0 Å². The number of hydrogen-bond donors (Lipinski definition) is 1. The number of non-ortho nitro benzene ring substituents is 1. The van der Waals surface area contributed by atoms with Crippen molar-refractivity contribution in [1.82, 2.24) is 9.88 Å². The molecule has 2 aromatic carbocycles. The van der Waals surface area contributed by atoms with Crippen molar-refractivity contribution in [2.45, 2.75) is 46.2 Å². The fraction of sp³-hybridized carbons (Fsp3) is 0.333. The van der Waals surface area contributed by atoms with Crippen LogP contribution in [-0.4, -0.2) is 15.4 Å². The Kier molecular flexibility index (Phi) is 5.81. The lowest BCUT2D eigenvalue weighted by Gasteiger charge is -2.17. The van der Waals surface area contributed by atoms with Gasteiger partial charge in [-0.2, -0.15) is 0 Å². The van der Waals surface area contributed by atoms with E-state index in [4.69, 9.17) is 4.42 Å². The van der Waals surface area contributed by atoms with Crippen molar-refractivity contribution in [1.29, 1.82) is 0 Å². The summed E-state index contributed by atoms with van der Waals surface area (Å²) in [7, 11) is 0. The van der Waals surface area contributed by atoms with Gasteiger partial charge in [-0.1, -0.05) is 23.8 Å². The highest BCUT2D eigenvalue weighted by Crippen LogP contribution is 2.21. The molecule has 1 N–H and O–H groups in total. The molecule has 1 unspecified atom stereocenters. The summed E-state index contributed by atoms with van der Waals surface area (Å²) in [5, 5.41) is 13.8. The van der Waals surface area contributed by atoms with E-state index < -0.39 is 10.7 Å². The van der Waals surface area contributed by atoms with Crippen LogP contribution in [0.15, 0.2) is 45.6 Å². The third-order valence-corrected chi connectivity index (χ3v) is 4.93. The zero-order valence-corrected chi connectivity index (χ0v) is 16.6. The van der Waals surface area contributed by atoms with Crippen molar-refractivity contribution in [2.24, 2.45) is 0 Å². The number of hydrogen-bond acceptors (Lipinski definition) is 5. The zero-order valence-electron chi connectivity index (χ0n) is 16.6. The second-order valence-corrected chi connectivity index (χ2v) is 7.18. The van der Waals surface area contributed by atoms with Crippen molar-refractivity contribution in [2.75, 3.05) is 0 Å². The van der Waals surface area contributed by atoms with Gasteiger partial charge in [-0.15, -0.1) is 0 Å². The van der Waals surface area contributed by atoms with E-state index in [0.29, 0.717) is 11.9 Å². The van der Waals surface area contributed by atoms with Gasteiger partial charge >= 0.3 is 5.76 Å². The van der Waals surface area contributed by atoms with Crippen molar-refractivity contribution in [3.8, 4) is 0 Å². The van der Waals surface area contributed by atoms with E-state index in [1.807, 2.05) is 32.9 Å². The maximum absolute atomic E-state index is 12.3. The first-order valence-electron chi connectivity index (χ1n) is 9.40. The van der Waals surface area contributed by atoms with E-state index in [1.165, 1.54) is 22.8 Å². The number of nitrogens with one attached hydrogen (secondary N) is 1. The Labute approximate surface area is 167 Å².